The molecule has 2 aromatic carbocycles. The van der Waals surface area contributed by atoms with E-state index in [4.69, 9.17) is 33.0 Å². The highest BCUT2D eigenvalue weighted by atomic mass is 35.5. The Bertz CT molecular complexity index is 705. The number of benzene rings is 2. The van der Waals surface area contributed by atoms with Crippen LogP contribution in [0, 0.1) is 11.6 Å². The van der Waals surface area contributed by atoms with Crippen molar-refractivity contribution < 1.29 is 23.4 Å². The minimum atomic E-state index is -1.26. The fourth-order valence-corrected chi connectivity index (χ4v) is 2.20. The van der Waals surface area contributed by atoms with Crippen molar-refractivity contribution in [2.75, 3.05) is 0 Å². The molecular weight excluding hydrogens is 325 g/mol. The summed E-state index contributed by atoms with van der Waals surface area (Å²) in [5, 5.41) is 9.25. The van der Waals surface area contributed by atoms with E-state index in [1.54, 1.807) is 0 Å². The number of aromatic carboxylic acids is 1. The molecule has 0 fully saturated rings. The van der Waals surface area contributed by atoms with E-state index in [2.05, 4.69) is 0 Å². The molecule has 2 rings (SSSR count). The Kier molecular flexibility index (Phi) is 4.65. The summed E-state index contributed by atoms with van der Waals surface area (Å²) in [7, 11) is 0. The number of ether oxygens (including phenoxy) is 1. The molecule has 0 saturated heterocycles. The highest BCUT2D eigenvalue weighted by Crippen LogP contribution is 2.33. The Hall–Kier alpha value is -1.85. The van der Waals surface area contributed by atoms with E-state index in [0.717, 1.165) is 12.1 Å². The number of rotatable bonds is 4. The average molecular weight is 333 g/mol. The van der Waals surface area contributed by atoms with E-state index in [-0.39, 0.29) is 28.0 Å². The standard InChI is InChI=1S/C14H8Cl2F2O3/c15-8-4-9(14(19)20)13(10(16)5-8)21-6-7-1-2-11(17)12(18)3-7/h1-5H,6H2,(H,19,20). The van der Waals surface area contributed by atoms with Gasteiger partial charge in [0.15, 0.2) is 17.4 Å². The van der Waals surface area contributed by atoms with E-state index in [1.165, 1.54) is 18.2 Å². The van der Waals surface area contributed by atoms with E-state index in [0.29, 0.717) is 5.56 Å². The van der Waals surface area contributed by atoms with Gasteiger partial charge in [-0.3, -0.25) is 0 Å². The maximum absolute atomic E-state index is 13.1. The van der Waals surface area contributed by atoms with Gasteiger partial charge in [0, 0.05) is 5.02 Å². The van der Waals surface area contributed by atoms with Crippen molar-refractivity contribution in [2.45, 2.75) is 6.61 Å². The molecule has 0 saturated carbocycles. The van der Waals surface area contributed by atoms with Crippen LogP contribution in [0.15, 0.2) is 30.3 Å². The van der Waals surface area contributed by atoms with Gasteiger partial charge in [-0.2, -0.15) is 0 Å². The predicted molar refractivity (Wildman–Crippen MR) is 74.1 cm³/mol. The number of hydrogen-bond acceptors (Lipinski definition) is 2. The second kappa shape index (κ2) is 6.28. The summed E-state index contributed by atoms with van der Waals surface area (Å²) in [6.45, 7) is -0.168. The molecule has 7 heteroatoms. The molecule has 0 aliphatic heterocycles. The van der Waals surface area contributed by atoms with Gasteiger partial charge in [-0.1, -0.05) is 29.3 Å². The van der Waals surface area contributed by atoms with Gasteiger partial charge in [0.1, 0.15) is 12.2 Å². The second-order valence-corrected chi connectivity index (χ2v) is 4.95. The number of carbonyl (C=O) groups is 1. The molecule has 0 unspecified atom stereocenters. The molecular formula is C14H8Cl2F2O3. The Labute approximate surface area is 128 Å². The van der Waals surface area contributed by atoms with Crippen molar-refractivity contribution in [3.63, 3.8) is 0 Å². The summed E-state index contributed by atoms with van der Waals surface area (Å²) in [6.07, 6.45) is 0. The van der Waals surface area contributed by atoms with Crippen LogP contribution in [0.4, 0.5) is 8.78 Å². The smallest absolute Gasteiger partial charge is 0.339 e. The maximum atomic E-state index is 13.1. The van der Waals surface area contributed by atoms with Crippen molar-refractivity contribution in [2.24, 2.45) is 0 Å². The first-order valence-corrected chi connectivity index (χ1v) is 6.43. The largest absolute Gasteiger partial charge is 0.486 e. The first kappa shape index (κ1) is 15.5. The van der Waals surface area contributed by atoms with E-state index in [9.17, 15) is 13.6 Å². The molecule has 0 amide bonds. The van der Waals surface area contributed by atoms with Crippen molar-refractivity contribution in [3.8, 4) is 5.75 Å². The number of carboxylic acid groups (broad SMARTS) is 1. The van der Waals surface area contributed by atoms with Crippen LogP contribution in [-0.4, -0.2) is 11.1 Å². The summed E-state index contributed by atoms with van der Waals surface area (Å²) in [6, 6.07) is 5.75. The first-order chi connectivity index (χ1) is 9.88. The SMILES string of the molecule is O=C(O)c1cc(Cl)cc(Cl)c1OCc1ccc(F)c(F)c1. The number of halogens is 4. The predicted octanol–water partition coefficient (Wildman–Crippen LogP) is 4.55. The van der Waals surface area contributed by atoms with Gasteiger partial charge in [0.05, 0.1) is 5.02 Å². The lowest BCUT2D eigenvalue weighted by Crippen LogP contribution is -2.04. The van der Waals surface area contributed by atoms with Crippen LogP contribution in [0.25, 0.3) is 0 Å². The minimum absolute atomic E-state index is 0.0162. The fraction of sp³-hybridized carbons (Fsp3) is 0.0714. The molecule has 21 heavy (non-hydrogen) atoms. The van der Waals surface area contributed by atoms with Gasteiger partial charge >= 0.3 is 5.97 Å². The maximum Gasteiger partial charge on any atom is 0.339 e. The lowest BCUT2D eigenvalue weighted by molar-refractivity contribution is 0.0691. The summed E-state index contributed by atoms with van der Waals surface area (Å²) in [4.78, 5) is 11.1. The molecule has 0 heterocycles. The zero-order chi connectivity index (χ0) is 15.6. The van der Waals surface area contributed by atoms with Crippen molar-refractivity contribution in [3.05, 3.63) is 63.1 Å². The van der Waals surface area contributed by atoms with Crippen molar-refractivity contribution in [1.29, 1.82) is 0 Å². The third kappa shape index (κ3) is 3.62. The molecule has 1 N–H and O–H groups in total. The molecule has 0 aromatic heterocycles. The van der Waals surface area contributed by atoms with Crippen LogP contribution in [0.1, 0.15) is 15.9 Å². The van der Waals surface area contributed by atoms with Gasteiger partial charge in [-0.25, -0.2) is 13.6 Å². The van der Waals surface area contributed by atoms with E-state index >= 15 is 0 Å². The molecule has 0 aliphatic rings. The fourth-order valence-electron chi connectivity index (χ4n) is 1.65. The van der Waals surface area contributed by atoms with E-state index < -0.39 is 17.6 Å². The third-order valence-electron chi connectivity index (χ3n) is 2.61. The number of carboxylic acids is 1. The zero-order valence-corrected chi connectivity index (χ0v) is 11.9. The van der Waals surface area contributed by atoms with Crippen LogP contribution >= 0.6 is 23.2 Å². The van der Waals surface area contributed by atoms with Crippen LogP contribution in [-0.2, 0) is 6.61 Å². The molecule has 0 bridgehead atoms. The normalized spacial score (nSPS) is 10.5. The number of hydrogen-bond donors (Lipinski definition) is 1. The van der Waals surface area contributed by atoms with Crippen LogP contribution in [0.5, 0.6) is 5.75 Å². The first-order valence-electron chi connectivity index (χ1n) is 5.67. The topological polar surface area (TPSA) is 46.5 Å². The van der Waals surface area contributed by atoms with Crippen molar-refractivity contribution in [1.82, 2.24) is 0 Å². The zero-order valence-electron chi connectivity index (χ0n) is 10.4. The Morgan fingerprint density at radius 3 is 2.48 bits per heavy atom. The Morgan fingerprint density at radius 1 is 1.14 bits per heavy atom. The lowest BCUT2D eigenvalue weighted by atomic mass is 10.2. The molecule has 110 valence electrons. The average Bonchev–Trinajstić information content (AvgIpc) is 2.40. The molecule has 0 spiro atoms. The molecule has 2 aromatic rings. The molecule has 0 radical (unpaired) electrons. The Balaban J connectivity index is 2.27. The van der Waals surface area contributed by atoms with Gasteiger partial charge in [0.2, 0.25) is 0 Å². The van der Waals surface area contributed by atoms with Crippen LogP contribution < -0.4 is 4.74 Å². The quantitative estimate of drug-likeness (QED) is 0.893. The monoisotopic (exact) mass is 332 g/mol. The molecule has 0 atom stereocenters. The molecule has 3 nitrogen and oxygen atoms in total. The lowest BCUT2D eigenvalue weighted by Gasteiger charge is -2.11. The summed E-state index contributed by atoms with van der Waals surface area (Å²) < 4.78 is 31.2. The van der Waals surface area contributed by atoms with Crippen LogP contribution in [0.2, 0.25) is 10.0 Å². The summed E-state index contributed by atoms with van der Waals surface area (Å²) in [5.74, 6) is -3.34. The highest BCUT2D eigenvalue weighted by molar-refractivity contribution is 6.36. The van der Waals surface area contributed by atoms with Crippen molar-refractivity contribution >= 4 is 29.2 Å². The third-order valence-corrected chi connectivity index (χ3v) is 3.10. The summed E-state index contributed by atoms with van der Waals surface area (Å²) >= 11 is 11.6. The van der Waals surface area contributed by atoms with Gasteiger partial charge < -0.3 is 9.84 Å². The highest BCUT2D eigenvalue weighted by Gasteiger charge is 2.17. The van der Waals surface area contributed by atoms with Crippen LogP contribution in [0.3, 0.4) is 0 Å². The summed E-state index contributed by atoms with van der Waals surface area (Å²) in [5.41, 5.74) is 0.117. The Morgan fingerprint density at radius 2 is 1.86 bits per heavy atom. The van der Waals surface area contributed by atoms with E-state index in [1.807, 2.05) is 0 Å². The second-order valence-electron chi connectivity index (χ2n) is 4.11. The van der Waals surface area contributed by atoms with Gasteiger partial charge in [-0.05, 0) is 29.8 Å². The van der Waals surface area contributed by atoms with Gasteiger partial charge in [-0.15, -0.1) is 0 Å². The molecule has 0 aliphatic carbocycles. The van der Waals surface area contributed by atoms with Gasteiger partial charge in [0.25, 0.3) is 0 Å². The minimum Gasteiger partial charge on any atom is -0.486 e.